The number of amides is 1. The lowest BCUT2D eigenvalue weighted by atomic mass is 10.1. The van der Waals surface area contributed by atoms with Gasteiger partial charge in [0.15, 0.2) is 0 Å². The summed E-state index contributed by atoms with van der Waals surface area (Å²) in [6.45, 7) is 0.722. The fourth-order valence-electron chi connectivity index (χ4n) is 2.33. The molecule has 0 bridgehead atoms. The maximum absolute atomic E-state index is 12.6. The van der Waals surface area contributed by atoms with Crippen LogP contribution in [0.25, 0.3) is 0 Å². The molecule has 1 aliphatic rings. The predicted octanol–water partition coefficient (Wildman–Crippen LogP) is 2.81. The normalized spacial score (nSPS) is 15.7. The Hall–Kier alpha value is -1.11. The summed E-state index contributed by atoms with van der Waals surface area (Å²) >= 11 is 9.37. The van der Waals surface area contributed by atoms with Gasteiger partial charge in [-0.15, -0.1) is 0 Å². The molecule has 0 saturated carbocycles. The number of hydrogen-bond acceptors (Lipinski definition) is 3. The summed E-state index contributed by atoms with van der Waals surface area (Å²) in [5, 5.41) is 9.36. The van der Waals surface area contributed by atoms with Crippen molar-refractivity contribution in [2.45, 2.75) is 18.9 Å². The number of rotatable bonds is 4. The third-order valence-corrected chi connectivity index (χ3v) is 4.17. The number of carbonyl (C=O) groups excluding carboxylic acids is 1. The molecular weight excluding hydrogens is 362 g/mol. The van der Waals surface area contributed by atoms with E-state index in [1.54, 1.807) is 18.2 Å². The Morgan fingerprint density at radius 3 is 2.62 bits per heavy atom. The molecule has 0 aliphatic carbocycles. The number of halogens is 2. The molecule has 21 heavy (non-hydrogen) atoms. The van der Waals surface area contributed by atoms with Gasteiger partial charge in [0.25, 0.3) is 5.91 Å². The van der Waals surface area contributed by atoms with E-state index in [1.807, 2.05) is 0 Å². The highest BCUT2D eigenvalue weighted by molar-refractivity contribution is 9.10. The molecule has 1 aromatic carbocycles. The number of benzene rings is 1. The van der Waals surface area contributed by atoms with E-state index in [2.05, 4.69) is 15.9 Å². The first-order valence-corrected chi connectivity index (χ1v) is 7.71. The van der Waals surface area contributed by atoms with Crippen molar-refractivity contribution >= 4 is 39.4 Å². The van der Waals surface area contributed by atoms with Gasteiger partial charge in [-0.2, -0.15) is 0 Å². The second-order valence-electron chi connectivity index (χ2n) is 4.79. The molecular formula is C14H15BrClNO4. The highest BCUT2D eigenvalue weighted by Crippen LogP contribution is 2.25. The van der Waals surface area contributed by atoms with Crippen molar-refractivity contribution in [2.75, 3.05) is 19.8 Å². The number of hydrogen-bond donors (Lipinski definition) is 1. The van der Waals surface area contributed by atoms with Gasteiger partial charge in [0, 0.05) is 23.7 Å². The highest BCUT2D eigenvalue weighted by Gasteiger charge is 2.29. The summed E-state index contributed by atoms with van der Waals surface area (Å²) < 4.78 is 6.03. The molecule has 0 spiro atoms. The van der Waals surface area contributed by atoms with Crippen molar-refractivity contribution in [3.63, 3.8) is 0 Å². The van der Waals surface area contributed by atoms with Crippen molar-refractivity contribution in [1.82, 2.24) is 4.90 Å². The van der Waals surface area contributed by atoms with Gasteiger partial charge in [-0.3, -0.25) is 9.59 Å². The van der Waals surface area contributed by atoms with Gasteiger partial charge in [0.2, 0.25) is 0 Å². The summed E-state index contributed by atoms with van der Waals surface area (Å²) in [6.07, 6.45) is 1.26. The molecule has 1 fully saturated rings. The lowest BCUT2D eigenvalue weighted by molar-refractivity contribution is -0.138. The molecule has 1 saturated heterocycles. The highest BCUT2D eigenvalue weighted by atomic mass is 79.9. The molecule has 1 aliphatic heterocycles. The van der Waals surface area contributed by atoms with Gasteiger partial charge in [-0.05, 0) is 31.0 Å². The molecule has 1 amide bonds. The Kier molecular flexibility index (Phi) is 5.61. The fraction of sp³-hybridized carbons (Fsp3) is 0.429. The van der Waals surface area contributed by atoms with E-state index >= 15 is 0 Å². The van der Waals surface area contributed by atoms with E-state index in [4.69, 9.17) is 21.4 Å². The smallest absolute Gasteiger partial charge is 0.323 e. The van der Waals surface area contributed by atoms with Crippen LogP contribution in [0.2, 0.25) is 5.02 Å². The predicted molar refractivity (Wildman–Crippen MR) is 81.7 cm³/mol. The van der Waals surface area contributed by atoms with Crippen LogP contribution >= 0.6 is 27.5 Å². The SMILES string of the molecule is O=C(O)CN(C(=O)c1ccc(Br)cc1Cl)C1CCOCC1. The van der Waals surface area contributed by atoms with Crippen LogP contribution in [0, 0.1) is 0 Å². The van der Waals surface area contributed by atoms with Crippen molar-refractivity contribution in [2.24, 2.45) is 0 Å². The van der Waals surface area contributed by atoms with E-state index < -0.39 is 5.97 Å². The number of nitrogens with zero attached hydrogens (tertiary/aromatic N) is 1. The third-order valence-electron chi connectivity index (χ3n) is 3.36. The van der Waals surface area contributed by atoms with Crippen molar-refractivity contribution in [3.8, 4) is 0 Å². The number of ether oxygens (including phenoxy) is 1. The topological polar surface area (TPSA) is 66.8 Å². The van der Waals surface area contributed by atoms with Crippen molar-refractivity contribution in [1.29, 1.82) is 0 Å². The monoisotopic (exact) mass is 375 g/mol. The van der Waals surface area contributed by atoms with E-state index in [0.717, 1.165) is 4.47 Å². The lowest BCUT2D eigenvalue weighted by Gasteiger charge is -2.33. The Balaban J connectivity index is 2.26. The molecule has 1 N–H and O–H groups in total. The summed E-state index contributed by atoms with van der Waals surface area (Å²) in [5.74, 6) is -1.40. The quantitative estimate of drug-likeness (QED) is 0.877. The summed E-state index contributed by atoms with van der Waals surface area (Å²) in [4.78, 5) is 25.1. The van der Waals surface area contributed by atoms with Crippen LogP contribution in [0.1, 0.15) is 23.2 Å². The zero-order chi connectivity index (χ0) is 15.4. The summed E-state index contributed by atoms with van der Waals surface area (Å²) in [6, 6.07) is 4.80. The minimum atomic E-state index is -1.04. The molecule has 1 heterocycles. The maximum Gasteiger partial charge on any atom is 0.323 e. The molecule has 7 heteroatoms. The zero-order valence-electron chi connectivity index (χ0n) is 11.2. The molecule has 0 radical (unpaired) electrons. The summed E-state index contributed by atoms with van der Waals surface area (Å²) in [5.41, 5.74) is 0.313. The van der Waals surface area contributed by atoms with E-state index in [9.17, 15) is 9.59 Å². The van der Waals surface area contributed by atoms with Gasteiger partial charge in [-0.1, -0.05) is 27.5 Å². The number of carbonyl (C=O) groups is 2. The summed E-state index contributed by atoms with van der Waals surface area (Å²) in [7, 11) is 0. The Morgan fingerprint density at radius 1 is 1.38 bits per heavy atom. The third kappa shape index (κ3) is 4.18. The molecule has 0 atom stereocenters. The molecule has 0 unspecified atom stereocenters. The average Bonchev–Trinajstić information content (AvgIpc) is 2.45. The van der Waals surface area contributed by atoms with E-state index in [1.165, 1.54) is 4.90 Å². The first-order valence-electron chi connectivity index (χ1n) is 6.54. The second-order valence-corrected chi connectivity index (χ2v) is 6.12. The van der Waals surface area contributed by atoms with Crippen LogP contribution in [0.5, 0.6) is 0 Å². The Labute approximate surface area is 136 Å². The molecule has 1 aromatic rings. The van der Waals surface area contributed by atoms with Gasteiger partial charge in [0.05, 0.1) is 10.6 Å². The van der Waals surface area contributed by atoms with Crippen LogP contribution in [0.15, 0.2) is 22.7 Å². The van der Waals surface area contributed by atoms with Gasteiger partial charge in [-0.25, -0.2) is 0 Å². The van der Waals surface area contributed by atoms with Crippen LogP contribution < -0.4 is 0 Å². The molecule has 2 rings (SSSR count). The largest absolute Gasteiger partial charge is 0.480 e. The number of carboxylic acid groups (broad SMARTS) is 1. The zero-order valence-corrected chi connectivity index (χ0v) is 13.6. The minimum Gasteiger partial charge on any atom is -0.480 e. The van der Waals surface area contributed by atoms with Crippen LogP contribution in [-0.4, -0.2) is 47.7 Å². The molecule has 0 aromatic heterocycles. The van der Waals surface area contributed by atoms with E-state index in [0.29, 0.717) is 36.6 Å². The maximum atomic E-state index is 12.6. The lowest BCUT2D eigenvalue weighted by Crippen LogP contribution is -2.46. The second kappa shape index (κ2) is 7.24. The van der Waals surface area contributed by atoms with Gasteiger partial charge >= 0.3 is 5.97 Å². The fourth-order valence-corrected chi connectivity index (χ4v) is 3.08. The standard InChI is InChI=1S/C14H15BrClNO4/c15-9-1-2-11(12(16)7-9)14(20)17(8-13(18)19)10-3-5-21-6-4-10/h1-2,7,10H,3-6,8H2,(H,18,19). The van der Waals surface area contributed by atoms with Crippen molar-refractivity contribution in [3.05, 3.63) is 33.3 Å². The van der Waals surface area contributed by atoms with Gasteiger partial charge in [0.1, 0.15) is 6.54 Å². The van der Waals surface area contributed by atoms with Gasteiger partial charge < -0.3 is 14.7 Å². The Bertz CT molecular complexity index is 546. The van der Waals surface area contributed by atoms with Crippen molar-refractivity contribution < 1.29 is 19.4 Å². The van der Waals surface area contributed by atoms with E-state index in [-0.39, 0.29) is 18.5 Å². The van der Waals surface area contributed by atoms with Crippen LogP contribution in [0.4, 0.5) is 0 Å². The number of carboxylic acids is 1. The van der Waals surface area contributed by atoms with Crippen LogP contribution in [-0.2, 0) is 9.53 Å². The minimum absolute atomic E-state index is 0.137. The van der Waals surface area contributed by atoms with Crippen LogP contribution in [0.3, 0.4) is 0 Å². The first kappa shape index (κ1) is 16.3. The number of aliphatic carboxylic acids is 1. The Morgan fingerprint density at radius 2 is 2.05 bits per heavy atom. The molecule has 5 nitrogen and oxygen atoms in total. The average molecular weight is 377 g/mol. The first-order chi connectivity index (χ1) is 9.99. The molecule has 114 valence electrons.